The second-order valence-electron chi connectivity index (χ2n) is 6.88. The fourth-order valence-corrected chi connectivity index (χ4v) is 4.55. The molecule has 0 bridgehead atoms. The molecule has 29 heavy (non-hydrogen) atoms. The van der Waals surface area contributed by atoms with Gasteiger partial charge in [-0.2, -0.15) is 5.10 Å². The molecule has 148 valence electrons. The molecule has 5 rings (SSSR count). The Kier molecular flexibility index (Phi) is 4.47. The maximum absolute atomic E-state index is 14.0. The summed E-state index contributed by atoms with van der Waals surface area (Å²) in [5.41, 5.74) is 2.43. The van der Waals surface area contributed by atoms with Gasteiger partial charge in [-0.25, -0.2) is 13.8 Å². The van der Waals surface area contributed by atoms with Crippen molar-refractivity contribution in [3.05, 3.63) is 81.5 Å². The molecule has 7 heteroatoms. The summed E-state index contributed by atoms with van der Waals surface area (Å²) >= 11 is 1.63. The fraction of sp³-hybridized carbons (Fsp3) is 0.227. The van der Waals surface area contributed by atoms with Crippen LogP contribution in [0.3, 0.4) is 0 Å². The van der Waals surface area contributed by atoms with Gasteiger partial charge in [-0.1, -0.05) is 24.3 Å². The van der Waals surface area contributed by atoms with Gasteiger partial charge in [0, 0.05) is 17.5 Å². The van der Waals surface area contributed by atoms with Crippen LogP contribution in [0.15, 0.2) is 59.0 Å². The maximum atomic E-state index is 14.0. The third-order valence-electron chi connectivity index (χ3n) is 5.11. The molecular formula is C22H18F2N2O2S. The van der Waals surface area contributed by atoms with Gasteiger partial charge in [0.05, 0.1) is 23.2 Å². The SMILES string of the molecule is CCOc1cccc2c1OC(c1ccc(F)c(F)c1)N1N=C(c3cccs3)CC21. The zero-order chi connectivity index (χ0) is 20.0. The number of thiophene rings is 1. The largest absolute Gasteiger partial charge is 0.490 e. The van der Waals surface area contributed by atoms with Crippen molar-refractivity contribution in [1.29, 1.82) is 0 Å². The molecule has 2 aliphatic rings. The van der Waals surface area contributed by atoms with Gasteiger partial charge in [-0.15, -0.1) is 11.3 Å². The van der Waals surface area contributed by atoms with Crippen LogP contribution in [0.4, 0.5) is 8.78 Å². The average Bonchev–Trinajstić information content (AvgIpc) is 3.40. The van der Waals surface area contributed by atoms with Crippen molar-refractivity contribution >= 4 is 17.0 Å². The summed E-state index contributed by atoms with van der Waals surface area (Å²) in [6.07, 6.45) is 0.0220. The third kappa shape index (κ3) is 3.06. The highest BCUT2D eigenvalue weighted by molar-refractivity contribution is 7.12. The van der Waals surface area contributed by atoms with Crippen LogP contribution in [0.1, 0.15) is 41.6 Å². The molecule has 0 amide bonds. The van der Waals surface area contributed by atoms with Crippen molar-refractivity contribution < 1.29 is 18.3 Å². The summed E-state index contributed by atoms with van der Waals surface area (Å²) in [4.78, 5) is 1.09. The Morgan fingerprint density at radius 1 is 1.17 bits per heavy atom. The summed E-state index contributed by atoms with van der Waals surface area (Å²) in [5.74, 6) is -0.524. The Bertz CT molecular complexity index is 1080. The lowest BCUT2D eigenvalue weighted by molar-refractivity contribution is -0.0214. The van der Waals surface area contributed by atoms with E-state index in [1.165, 1.54) is 12.1 Å². The van der Waals surface area contributed by atoms with E-state index in [1.54, 1.807) is 11.3 Å². The van der Waals surface area contributed by atoms with Crippen molar-refractivity contribution in [2.75, 3.05) is 6.61 Å². The van der Waals surface area contributed by atoms with Gasteiger partial charge in [-0.3, -0.25) is 0 Å². The van der Waals surface area contributed by atoms with E-state index in [-0.39, 0.29) is 6.04 Å². The van der Waals surface area contributed by atoms with Gasteiger partial charge in [0.25, 0.3) is 0 Å². The Morgan fingerprint density at radius 2 is 2.07 bits per heavy atom. The predicted molar refractivity (Wildman–Crippen MR) is 107 cm³/mol. The van der Waals surface area contributed by atoms with Gasteiger partial charge in [0.1, 0.15) is 0 Å². The van der Waals surface area contributed by atoms with Crippen LogP contribution < -0.4 is 9.47 Å². The lowest BCUT2D eigenvalue weighted by Gasteiger charge is -2.38. The van der Waals surface area contributed by atoms with Crippen LogP contribution in [0.2, 0.25) is 0 Å². The number of fused-ring (bicyclic) bond motifs is 3. The van der Waals surface area contributed by atoms with Crippen molar-refractivity contribution in [2.24, 2.45) is 5.10 Å². The summed E-state index contributed by atoms with van der Waals surface area (Å²) in [5, 5.41) is 8.68. The van der Waals surface area contributed by atoms with Crippen LogP contribution in [0.25, 0.3) is 0 Å². The molecule has 0 aliphatic carbocycles. The molecule has 2 atom stereocenters. The molecule has 0 N–H and O–H groups in total. The first-order valence-electron chi connectivity index (χ1n) is 9.42. The minimum absolute atomic E-state index is 0.0747. The van der Waals surface area contributed by atoms with Gasteiger partial charge in [0.2, 0.25) is 6.23 Å². The molecule has 1 aromatic heterocycles. The topological polar surface area (TPSA) is 34.1 Å². The number of rotatable bonds is 4. The number of para-hydroxylation sites is 1. The molecule has 2 aliphatic heterocycles. The van der Waals surface area contributed by atoms with Gasteiger partial charge >= 0.3 is 0 Å². The molecule has 3 heterocycles. The van der Waals surface area contributed by atoms with Crippen LogP contribution in [0.5, 0.6) is 11.5 Å². The maximum Gasteiger partial charge on any atom is 0.214 e. The van der Waals surface area contributed by atoms with Gasteiger partial charge < -0.3 is 9.47 Å². The Hall–Kier alpha value is -2.93. The van der Waals surface area contributed by atoms with Crippen LogP contribution in [-0.4, -0.2) is 17.3 Å². The molecule has 0 spiro atoms. The van der Waals surface area contributed by atoms with Crippen molar-refractivity contribution in [1.82, 2.24) is 5.01 Å². The van der Waals surface area contributed by atoms with E-state index in [9.17, 15) is 8.78 Å². The number of benzene rings is 2. The van der Waals surface area contributed by atoms with Gasteiger partial charge in [-0.05, 0) is 36.6 Å². The first kappa shape index (κ1) is 18.1. The van der Waals surface area contributed by atoms with E-state index in [4.69, 9.17) is 14.6 Å². The van der Waals surface area contributed by atoms with E-state index >= 15 is 0 Å². The molecule has 0 fully saturated rings. The van der Waals surface area contributed by atoms with Crippen molar-refractivity contribution in [2.45, 2.75) is 25.6 Å². The minimum Gasteiger partial charge on any atom is -0.490 e. The molecule has 0 saturated carbocycles. The van der Waals surface area contributed by atoms with E-state index in [0.29, 0.717) is 30.1 Å². The zero-order valence-corrected chi connectivity index (χ0v) is 16.5. The Labute approximate surface area is 171 Å². The van der Waals surface area contributed by atoms with Crippen LogP contribution in [-0.2, 0) is 0 Å². The van der Waals surface area contributed by atoms with Gasteiger partial charge in [0.15, 0.2) is 23.1 Å². The van der Waals surface area contributed by atoms with E-state index in [1.807, 2.05) is 47.6 Å². The number of hydrogen-bond donors (Lipinski definition) is 0. The Balaban J connectivity index is 1.63. The molecule has 0 radical (unpaired) electrons. The summed E-state index contributed by atoms with van der Waals surface area (Å²) in [7, 11) is 0. The summed E-state index contributed by atoms with van der Waals surface area (Å²) in [6.45, 7) is 2.41. The summed E-state index contributed by atoms with van der Waals surface area (Å²) < 4.78 is 39.5. The number of hydrazone groups is 1. The monoisotopic (exact) mass is 412 g/mol. The minimum atomic E-state index is -0.909. The highest BCUT2D eigenvalue weighted by atomic mass is 32.1. The zero-order valence-electron chi connectivity index (χ0n) is 15.6. The highest BCUT2D eigenvalue weighted by Gasteiger charge is 2.42. The second kappa shape index (κ2) is 7.15. The third-order valence-corrected chi connectivity index (χ3v) is 6.03. The standard InChI is InChI=1S/C22H18F2N2O2S/c1-2-27-19-6-3-5-14-18-12-17(20-7-4-10-29-20)25-26(18)22(28-21(14)19)13-8-9-15(23)16(24)11-13/h3-11,18,22H,2,12H2,1H3. The number of halogens is 2. The number of nitrogens with zero attached hydrogens (tertiary/aromatic N) is 2. The molecule has 3 aromatic rings. The lowest BCUT2D eigenvalue weighted by Crippen LogP contribution is -2.34. The van der Waals surface area contributed by atoms with E-state index in [0.717, 1.165) is 22.2 Å². The smallest absolute Gasteiger partial charge is 0.214 e. The quantitative estimate of drug-likeness (QED) is 0.554. The van der Waals surface area contributed by atoms with Crippen molar-refractivity contribution in [3.63, 3.8) is 0 Å². The molecule has 0 saturated heterocycles. The van der Waals surface area contributed by atoms with Crippen LogP contribution in [0, 0.1) is 11.6 Å². The molecular weight excluding hydrogens is 394 g/mol. The first-order chi connectivity index (χ1) is 14.2. The predicted octanol–water partition coefficient (Wildman–Crippen LogP) is 5.67. The fourth-order valence-electron chi connectivity index (χ4n) is 3.83. The van der Waals surface area contributed by atoms with Crippen LogP contribution >= 0.6 is 11.3 Å². The molecule has 2 aromatic carbocycles. The molecule has 2 unspecified atom stereocenters. The second-order valence-corrected chi connectivity index (χ2v) is 7.82. The average molecular weight is 412 g/mol. The molecule has 4 nitrogen and oxygen atoms in total. The normalized spacial score (nSPS) is 20.0. The summed E-state index contributed by atoms with van der Waals surface area (Å²) in [6, 6.07) is 13.6. The Morgan fingerprint density at radius 3 is 2.83 bits per heavy atom. The van der Waals surface area contributed by atoms with Crippen molar-refractivity contribution in [3.8, 4) is 11.5 Å². The van der Waals surface area contributed by atoms with E-state index in [2.05, 4.69) is 0 Å². The van der Waals surface area contributed by atoms with E-state index < -0.39 is 17.9 Å². The lowest BCUT2D eigenvalue weighted by atomic mass is 9.97. The highest BCUT2D eigenvalue weighted by Crippen LogP contribution is 2.51. The number of hydrogen-bond acceptors (Lipinski definition) is 5. The first-order valence-corrected chi connectivity index (χ1v) is 10.3. The number of ether oxygens (including phenoxy) is 2.